The van der Waals surface area contributed by atoms with Gasteiger partial charge in [-0.15, -0.1) is 11.3 Å². The van der Waals surface area contributed by atoms with Gasteiger partial charge >= 0.3 is 0 Å². The van der Waals surface area contributed by atoms with Crippen LogP contribution in [-0.4, -0.2) is 21.2 Å². The van der Waals surface area contributed by atoms with E-state index in [2.05, 4.69) is 5.32 Å². The van der Waals surface area contributed by atoms with Gasteiger partial charge in [0.15, 0.2) is 5.16 Å². The van der Waals surface area contributed by atoms with Crippen molar-refractivity contribution >= 4 is 44.9 Å². The summed E-state index contributed by atoms with van der Waals surface area (Å²) in [5.74, 6) is -0.644. The Morgan fingerprint density at radius 2 is 1.94 bits per heavy atom. The van der Waals surface area contributed by atoms with Crippen LogP contribution in [0.1, 0.15) is 18.1 Å². The Balaban J connectivity index is 1.63. The number of anilines is 1. The van der Waals surface area contributed by atoms with E-state index < -0.39 is 5.82 Å². The molecule has 0 saturated carbocycles. The van der Waals surface area contributed by atoms with Gasteiger partial charge in [0.2, 0.25) is 5.91 Å². The summed E-state index contributed by atoms with van der Waals surface area (Å²) in [6, 6.07) is 12.4. The molecular formula is C24H22FN3O2S2. The molecule has 0 unspecified atom stereocenters. The van der Waals surface area contributed by atoms with Gasteiger partial charge in [-0.25, -0.2) is 9.37 Å². The number of halogens is 1. The standard InChI is InChI=1S/C24H22FN3O2S2/c1-4-28-23(30)22-21(18(12-31-22)16-8-5-14(2)6-9-16)27-24(28)32-13-20(29)26-19-11-17(25)10-7-15(19)3/h5-12H,4,13H2,1-3H3,(H,26,29). The third kappa shape index (κ3) is 4.47. The number of nitrogens with one attached hydrogen (secondary N) is 1. The Morgan fingerprint density at radius 3 is 2.66 bits per heavy atom. The van der Waals surface area contributed by atoms with Crippen LogP contribution in [0.3, 0.4) is 0 Å². The van der Waals surface area contributed by atoms with E-state index in [1.807, 2.05) is 43.5 Å². The number of fused-ring (bicyclic) bond motifs is 1. The van der Waals surface area contributed by atoms with E-state index in [0.29, 0.717) is 27.6 Å². The molecule has 164 valence electrons. The number of amides is 1. The Labute approximate surface area is 193 Å². The number of nitrogens with zero attached hydrogens (tertiary/aromatic N) is 2. The van der Waals surface area contributed by atoms with Gasteiger partial charge in [0.25, 0.3) is 5.56 Å². The molecule has 0 radical (unpaired) electrons. The molecule has 0 aliphatic rings. The topological polar surface area (TPSA) is 64.0 Å². The van der Waals surface area contributed by atoms with Gasteiger partial charge in [-0.1, -0.05) is 47.7 Å². The number of benzene rings is 2. The van der Waals surface area contributed by atoms with Crippen molar-refractivity contribution in [3.8, 4) is 11.1 Å². The Bertz CT molecular complexity index is 1360. The number of thiophene rings is 1. The van der Waals surface area contributed by atoms with E-state index in [1.165, 1.54) is 35.2 Å². The van der Waals surface area contributed by atoms with Crippen molar-refractivity contribution in [1.29, 1.82) is 0 Å². The third-order valence-corrected chi connectivity index (χ3v) is 7.06. The molecule has 4 aromatic rings. The quantitative estimate of drug-likeness (QED) is 0.295. The molecule has 2 aromatic heterocycles. The molecule has 2 heterocycles. The number of aryl methyl sites for hydroxylation is 2. The smallest absolute Gasteiger partial charge is 0.272 e. The minimum absolute atomic E-state index is 0.0535. The molecule has 1 N–H and O–H groups in total. The summed E-state index contributed by atoms with van der Waals surface area (Å²) in [5.41, 5.74) is 4.82. The predicted octanol–water partition coefficient (Wildman–Crippen LogP) is 5.63. The number of hydrogen-bond acceptors (Lipinski definition) is 5. The average Bonchev–Trinajstić information content (AvgIpc) is 3.20. The minimum atomic E-state index is -0.411. The zero-order valence-electron chi connectivity index (χ0n) is 17.9. The maximum absolute atomic E-state index is 13.5. The lowest BCUT2D eigenvalue weighted by atomic mass is 10.1. The molecule has 1 amide bonds. The fourth-order valence-electron chi connectivity index (χ4n) is 3.35. The third-order valence-electron chi connectivity index (χ3n) is 5.13. The van der Waals surface area contributed by atoms with Crippen LogP contribution in [0.4, 0.5) is 10.1 Å². The normalized spacial score (nSPS) is 11.1. The van der Waals surface area contributed by atoms with E-state index in [0.717, 1.165) is 22.3 Å². The molecule has 0 saturated heterocycles. The van der Waals surface area contributed by atoms with E-state index in [9.17, 15) is 14.0 Å². The van der Waals surface area contributed by atoms with Crippen molar-refractivity contribution in [3.05, 3.63) is 75.1 Å². The van der Waals surface area contributed by atoms with Crippen molar-refractivity contribution in [2.45, 2.75) is 32.5 Å². The van der Waals surface area contributed by atoms with Gasteiger partial charge in [0, 0.05) is 23.2 Å². The van der Waals surface area contributed by atoms with Crippen LogP contribution in [0.25, 0.3) is 21.3 Å². The molecular weight excluding hydrogens is 445 g/mol. The van der Waals surface area contributed by atoms with E-state index >= 15 is 0 Å². The van der Waals surface area contributed by atoms with Crippen molar-refractivity contribution in [3.63, 3.8) is 0 Å². The molecule has 8 heteroatoms. The largest absolute Gasteiger partial charge is 0.325 e. The summed E-state index contributed by atoms with van der Waals surface area (Å²) in [7, 11) is 0. The lowest BCUT2D eigenvalue weighted by Gasteiger charge is -2.11. The van der Waals surface area contributed by atoms with Gasteiger partial charge in [0.05, 0.1) is 11.3 Å². The second-order valence-corrected chi connectivity index (χ2v) is 9.26. The number of carbonyl (C=O) groups excluding carboxylic acids is 1. The van der Waals surface area contributed by atoms with Crippen LogP contribution in [0.15, 0.2) is 57.8 Å². The minimum Gasteiger partial charge on any atom is -0.325 e. The monoisotopic (exact) mass is 467 g/mol. The van der Waals surface area contributed by atoms with Crippen molar-refractivity contribution in [1.82, 2.24) is 9.55 Å². The Morgan fingerprint density at radius 1 is 1.19 bits per heavy atom. The highest BCUT2D eigenvalue weighted by Crippen LogP contribution is 2.32. The second-order valence-electron chi connectivity index (χ2n) is 7.43. The van der Waals surface area contributed by atoms with Crippen LogP contribution in [0.2, 0.25) is 0 Å². The number of rotatable bonds is 6. The van der Waals surface area contributed by atoms with Crippen molar-refractivity contribution < 1.29 is 9.18 Å². The highest BCUT2D eigenvalue weighted by molar-refractivity contribution is 7.99. The molecule has 2 aromatic carbocycles. The van der Waals surface area contributed by atoms with Gasteiger partial charge in [-0.05, 0) is 44.0 Å². The number of hydrogen-bond donors (Lipinski definition) is 1. The van der Waals surface area contributed by atoms with Crippen LogP contribution in [0.5, 0.6) is 0 Å². The lowest BCUT2D eigenvalue weighted by molar-refractivity contribution is -0.113. The second kappa shape index (κ2) is 9.26. The number of aromatic nitrogens is 2. The van der Waals surface area contributed by atoms with Crippen LogP contribution in [0, 0.1) is 19.7 Å². The molecule has 32 heavy (non-hydrogen) atoms. The molecule has 0 fully saturated rings. The summed E-state index contributed by atoms with van der Waals surface area (Å²) in [5, 5.41) is 5.18. The molecule has 4 rings (SSSR count). The first-order valence-electron chi connectivity index (χ1n) is 10.1. The predicted molar refractivity (Wildman–Crippen MR) is 130 cm³/mol. The SMILES string of the molecule is CCn1c(SCC(=O)Nc2cc(F)ccc2C)nc2c(-c3ccc(C)cc3)csc2c1=O. The van der Waals surface area contributed by atoms with Crippen LogP contribution in [-0.2, 0) is 11.3 Å². The van der Waals surface area contributed by atoms with Gasteiger partial charge < -0.3 is 5.32 Å². The summed E-state index contributed by atoms with van der Waals surface area (Å²) in [4.78, 5) is 30.3. The molecule has 0 atom stereocenters. The number of thioether (sulfide) groups is 1. The first kappa shape index (κ1) is 22.2. The van der Waals surface area contributed by atoms with Gasteiger partial charge in [0.1, 0.15) is 10.5 Å². The summed E-state index contributed by atoms with van der Waals surface area (Å²) in [6.45, 7) is 6.16. The molecule has 0 spiro atoms. The molecule has 0 aliphatic heterocycles. The highest BCUT2D eigenvalue weighted by atomic mass is 32.2. The van der Waals surface area contributed by atoms with Gasteiger partial charge in [-0.2, -0.15) is 0 Å². The van der Waals surface area contributed by atoms with Crippen LogP contribution >= 0.6 is 23.1 Å². The average molecular weight is 468 g/mol. The lowest BCUT2D eigenvalue weighted by Crippen LogP contribution is -2.23. The van der Waals surface area contributed by atoms with Crippen molar-refractivity contribution in [2.24, 2.45) is 0 Å². The summed E-state index contributed by atoms with van der Waals surface area (Å²) >= 11 is 2.59. The van der Waals surface area contributed by atoms with E-state index in [1.54, 1.807) is 17.6 Å². The molecule has 0 aliphatic carbocycles. The number of carbonyl (C=O) groups is 1. The first-order valence-corrected chi connectivity index (χ1v) is 12.0. The van der Waals surface area contributed by atoms with Crippen molar-refractivity contribution in [2.75, 3.05) is 11.1 Å². The fraction of sp³-hybridized carbons (Fsp3) is 0.208. The maximum atomic E-state index is 13.5. The van der Waals surface area contributed by atoms with E-state index in [4.69, 9.17) is 4.98 Å². The Kier molecular flexibility index (Phi) is 6.43. The maximum Gasteiger partial charge on any atom is 0.272 e. The molecule has 0 bridgehead atoms. The summed E-state index contributed by atoms with van der Waals surface area (Å²) in [6.07, 6.45) is 0. The zero-order chi connectivity index (χ0) is 22.8. The van der Waals surface area contributed by atoms with Crippen LogP contribution < -0.4 is 10.9 Å². The van der Waals surface area contributed by atoms with E-state index in [-0.39, 0.29) is 17.2 Å². The summed E-state index contributed by atoms with van der Waals surface area (Å²) < 4.78 is 15.7. The molecule has 5 nitrogen and oxygen atoms in total. The fourth-order valence-corrected chi connectivity index (χ4v) is 5.17. The van der Waals surface area contributed by atoms with Gasteiger partial charge in [-0.3, -0.25) is 14.2 Å². The Hall–Kier alpha value is -2.97. The zero-order valence-corrected chi connectivity index (χ0v) is 19.6. The highest BCUT2D eigenvalue weighted by Gasteiger charge is 2.17. The first-order chi connectivity index (χ1) is 15.4.